The fourth-order valence-electron chi connectivity index (χ4n) is 8.13. The molecule has 9 aromatic carbocycles. The number of benzene rings is 9. The van der Waals surface area contributed by atoms with Crippen LogP contribution in [-0.2, 0) is 0 Å². The molecule has 2 nitrogen and oxygen atoms in total. The Labute approximate surface area is 301 Å². The summed E-state index contributed by atoms with van der Waals surface area (Å²) in [5.74, 6) is 0. The van der Waals surface area contributed by atoms with Crippen molar-refractivity contribution >= 4 is 60.5 Å². The molecule has 0 spiro atoms. The lowest BCUT2D eigenvalue weighted by atomic mass is 9.77. The van der Waals surface area contributed by atoms with Crippen LogP contribution in [0.4, 0.5) is 17.1 Å². The third kappa shape index (κ3) is 4.51. The van der Waals surface area contributed by atoms with Crippen molar-refractivity contribution in [1.82, 2.24) is 0 Å². The zero-order valence-corrected chi connectivity index (χ0v) is 28.3. The molecule has 0 amide bonds. The highest BCUT2D eigenvalue weighted by Gasteiger charge is 2.25. The summed E-state index contributed by atoms with van der Waals surface area (Å²) in [6.45, 7) is 0. The monoisotopic (exact) mass is 661 g/mol. The summed E-state index contributed by atoms with van der Waals surface area (Å²) >= 11 is 0. The van der Waals surface area contributed by atoms with Gasteiger partial charge in [-0.2, -0.15) is 0 Å². The molecule has 52 heavy (non-hydrogen) atoms. The minimum atomic E-state index is 0.878. The summed E-state index contributed by atoms with van der Waals surface area (Å²) in [6.07, 6.45) is 0. The van der Waals surface area contributed by atoms with Crippen LogP contribution in [-0.4, -0.2) is 0 Å². The average molecular weight is 662 g/mol. The number of anilines is 3. The minimum absolute atomic E-state index is 0.878. The smallest absolute Gasteiger partial charge is 0.159 e. The number of nitrogens with zero attached hydrogens (tertiary/aromatic N) is 1. The molecule has 0 aliphatic heterocycles. The predicted molar refractivity (Wildman–Crippen MR) is 219 cm³/mol. The van der Waals surface area contributed by atoms with Gasteiger partial charge in [0.1, 0.15) is 5.58 Å². The van der Waals surface area contributed by atoms with Gasteiger partial charge in [-0.3, -0.25) is 0 Å². The van der Waals surface area contributed by atoms with E-state index >= 15 is 0 Å². The van der Waals surface area contributed by atoms with Crippen molar-refractivity contribution in [3.8, 4) is 44.5 Å². The summed E-state index contributed by atoms with van der Waals surface area (Å²) in [7, 11) is 0. The molecule has 1 aliphatic rings. The largest absolute Gasteiger partial charge is 0.454 e. The van der Waals surface area contributed by atoms with Crippen molar-refractivity contribution < 1.29 is 4.42 Å². The Morgan fingerprint density at radius 1 is 0.327 bits per heavy atom. The molecule has 0 N–H and O–H groups in total. The molecule has 11 rings (SSSR count). The Balaban J connectivity index is 1.05. The van der Waals surface area contributed by atoms with Crippen LogP contribution in [0.15, 0.2) is 192 Å². The van der Waals surface area contributed by atoms with Crippen molar-refractivity contribution in [3.63, 3.8) is 0 Å². The highest BCUT2D eigenvalue weighted by Crippen LogP contribution is 2.51. The SMILES string of the molecule is c1ccc(-c2ccc(N(c3ccc4cc5c(cc4c3)-c3cc4cc(-c6ccccc6)ccc4cc3-5)c3cccc4c3oc3ccccc34)cc2)cc1. The Hall–Kier alpha value is -6.90. The standard InChI is InChI=1S/C50H31NO/c1-3-10-32(11-4-1)34-20-23-40(24-21-34)51(48-16-9-15-43-42-14-7-8-17-49(42)52-50(43)48)41-25-22-37-29-45-44-28-36-19-18-35(33-12-5-2-6-13-33)26-38(36)30-46(44)47(45)31-39(37)27-41/h1-31H. The van der Waals surface area contributed by atoms with E-state index < -0.39 is 0 Å². The van der Waals surface area contributed by atoms with Gasteiger partial charge in [0.25, 0.3) is 0 Å². The molecule has 2 heteroatoms. The molecular weight excluding hydrogens is 631 g/mol. The van der Waals surface area contributed by atoms with Gasteiger partial charge < -0.3 is 9.32 Å². The molecule has 0 unspecified atom stereocenters. The molecule has 0 saturated heterocycles. The van der Waals surface area contributed by atoms with Gasteiger partial charge in [0.2, 0.25) is 0 Å². The van der Waals surface area contributed by atoms with E-state index in [4.69, 9.17) is 4.42 Å². The fourth-order valence-corrected chi connectivity index (χ4v) is 8.13. The second-order valence-electron chi connectivity index (χ2n) is 13.8. The molecule has 0 saturated carbocycles. The molecular formula is C50H31NO. The number of hydrogen-bond donors (Lipinski definition) is 0. The van der Waals surface area contributed by atoms with E-state index in [9.17, 15) is 0 Å². The van der Waals surface area contributed by atoms with Crippen LogP contribution in [0.5, 0.6) is 0 Å². The maximum atomic E-state index is 6.60. The number of para-hydroxylation sites is 2. The lowest BCUT2D eigenvalue weighted by Crippen LogP contribution is -2.10. The van der Waals surface area contributed by atoms with Crippen LogP contribution >= 0.6 is 0 Å². The zero-order chi connectivity index (χ0) is 34.2. The van der Waals surface area contributed by atoms with E-state index in [1.54, 1.807) is 0 Å². The average Bonchev–Trinajstić information content (AvgIpc) is 3.60. The third-order valence-electron chi connectivity index (χ3n) is 10.7. The Kier molecular flexibility index (Phi) is 6.28. The van der Waals surface area contributed by atoms with Crippen molar-refractivity contribution in [3.05, 3.63) is 188 Å². The van der Waals surface area contributed by atoms with E-state index in [1.165, 1.54) is 66.1 Å². The van der Waals surface area contributed by atoms with Crippen LogP contribution in [0.1, 0.15) is 0 Å². The van der Waals surface area contributed by atoms with Crippen molar-refractivity contribution in [1.29, 1.82) is 0 Å². The van der Waals surface area contributed by atoms with Gasteiger partial charge >= 0.3 is 0 Å². The maximum Gasteiger partial charge on any atom is 0.159 e. The zero-order valence-electron chi connectivity index (χ0n) is 28.3. The molecule has 1 heterocycles. The van der Waals surface area contributed by atoms with Gasteiger partial charge in [0.15, 0.2) is 5.58 Å². The molecule has 0 atom stereocenters. The van der Waals surface area contributed by atoms with Gasteiger partial charge in [-0.25, -0.2) is 0 Å². The topological polar surface area (TPSA) is 16.4 Å². The number of furan rings is 1. The second-order valence-corrected chi connectivity index (χ2v) is 13.8. The van der Waals surface area contributed by atoms with Crippen LogP contribution in [0.2, 0.25) is 0 Å². The molecule has 1 aromatic heterocycles. The summed E-state index contributed by atoms with van der Waals surface area (Å²) < 4.78 is 6.60. The summed E-state index contributed by atoms with van der Waals surface area (Å²) in [5, 5.41) is 7.22. The van der Waals surface area contributed by atoms with E-state index in [-0.39, 0.29) is 0 Å². The highest BCUT2D eigenvalue weighted by molar-refractivity contribution is 6.13. The Morgan fingerprint density at radius 2 is 0.846 bits per heavy atom. The molecule has 10 aromatic rings. The molecule has 0 radical (unpaired) electrons. The van der Waals surface area contributed by atoms with E-state index in [1.807, 2.05) is 6.07 Å². The lowest BCUT2D eigenvalue weighted by Gasteiger charge is -2.28. The van der Waals surface area contributed by atoms with Gasteiger partial charge in [-0.1, -0.05) is 121 Å². The van der Waals surface area contributed by atoms with Crippen LogP contribution < -0.4 is 4.90 Å². The molecule has 0 bridgehead atoms. The molecule has 1 aliphatic carbocycles. The van der Waals surface area contributed by atoms with Crippen LogP contribution in [0.3, 0.4) is 0 Å². The first-order valence-electron chi connectivity index (χ1n) is 17.8. The summed E-state index contributed by atoms with van der Waals surface area (Å²) in [6, 6.07) is 67.9. The van der Waals surface area contributed by atoms with Gasteiger partial charge in [0, 0.05) is 22.1 Å². The molecule has 242 valence electrons. The fraction of sp³-hybridized carbons (Fsp3) is 0. The van der Waals surface area contributed by atoms with Gasteiger partial charge in [-0.05, 0) is 133 Å². The van der Waals surface area contributed by atoms with E-state index in [0.29, 0.717) is 0 Å². The highest BCUT2D eigenvalue weighted by atomic mass is 16.3. The van der Waals surface area contributed by atoms with Crippen molar-refractivity contribution in [2.75, 3.05) is 4.90 Å². The Morgan fingerprint density at radius 3 is 1.56 bits per heavy atom. The number of hydrogen-bond acceptors (Lipinski definition) is 2. The first-order valence-corrected chi connectivity index (χ1v) is 17.8. The number of fused-ring (bicyclic) bond motifs is 9. The normalized spacial score (nSPS) is 11.8. The molecule has 0 fully saturated rings. The van der Waals surface area contributed by atoms with Crippen LogP contribution in [0.25, 0.3) is 88.0 Å². The van der Waals surface area contributed by atoms with Crippen molar-refractivity contribution in [2.24, 2.45) is 0 Å². The van der Waals surface area contributed by atoms with Gasteiger partial charge in [0.05, 0.1) is 5.69 Å². The quantitative estimate of drug-likeness (QED) is 0.182. The van der Waals surface area contributed by atoms with E-state index in [2.05, 4.69) is 187 Å². The van der Waals surface area contributed by atoms with Crippen molar-refractivity contribution in [2.45, 2.75) is 0 Å². The van der Waals surface area contributed by atoms with Gasteiger partial charge in [-0.15, -0.1) is 0 Å². The third-order valence-corrected chi connectivity index (χ3v) is 10.7. The number of rotatable bonds is 5. The minimum Gasteiger partial charge on any atom is -0.454 e. The second kappa shape index (κ2) is 11.3. The van der Waals surface area contributed by atoms with E-state index in [0.717, 1.165) is 39.0 Å². The van der Waals surface area contributed by atoms with Crippen LogP contribution in [0, 0.1) is 0 Å². The maximum absolute atomic E-state index is 6.60. The Bertz CT molecular complexity index is 2990. The first kappa shape index (κ1) is 28.9. The lowest BCUT2D eigenvalue weighted by molar-refractivity contribution is 0.669. The first-order chi connectivity index (χ1) is 25.7. The summed E-state index contributed by atoms with van der Waals surface area (Å²) in [5.41, 5.74) is 15.1. The predicted octanol–water partition coefficient (Wildman–Crippen LogP) is 14.3. The summed E-state index contributed by atoms with van der Waals surface area (Å²) in [4.78, 5) is 2.34.